The van der Waals surface area contributed by atoms with Gasteiger partial charge in [0, 0.05) is 18.8 Å². The number of fused-ring (bicyclic) bond motifs is 2. The highest BCUT2D eigenvalue weighted by Gasteiger charge is 2.34. The molecular weight excluding hydrogens is 250 g/mol. The van der Waals surface area contributed by atoms with E-state index in [-0.39, 0.29) is 11.9 Å². The topological polar surface area (TPSA) is 46.9 Å². The highest BCUT2D eigenvalue weighted by Crippen LogP contribution is 2.44. The summed E-state index contributed by atoms with van der Waals surface area (Å²) < 4.78 is 1.82. The summed E-state index contributed by atoms with van der Waals surface area (Å²) in [5, 5.41) is 7.29. The third-order valence-electron chi connectivity index (χ3n) is 4.59. The van der Waals surface area contributed by atoms with Crippen LogP contribution >= 0.6 is 0 Å². The van der Waals surface area contributed by atoms with Gasteiger partial charge in [-0.1, -0.05) is 12.2 Å². The molecule has 3 atom stereocenters. The van der Waals surface area contributed by atoms with Gasteiger partial charge >= 0.3 is 0 Å². The lowest BCUT2D eigenvalue weighted by atomic mass is 9.91. The fourth-order valence-corrected chi connectivity index (χ4v) is 3.43. The quantitative estimate of drug-likeness (QED) is 0.839. The van der Waals surface area contributed by atoms with Crippen molar-refractivity contribution in [1.82, 2.24) is 15.1 Å². The molecule has 4 nitrogen and oxygen atoms in total. The Morgan fingerprint density at radius 1 is 1.45 bits per heavy atom. The van der Waals surface area contributed by atoms with E-state index in [0.29, 0.717) is 5.69 Å². The van der Waals surface area contributed by atoms with Crippen LogP contribution in [-0.4, -0.2) is 22.2 Å². The van der Waals surface area contributed by atoms with Crippen LogP contribution in [0.25, 0.3) is 0 Å². The van der Waals surface area contributed by atoms with Crippen molar-refractivity contribution >= 4 is 5.91 Å². The van der Waals surface area contributed by atoms with Crippen LogP contribution < -0.4 is 5.32 Å². The Labute approximate surface area is 120 Å². The van der Waals surface area contributed by atoms with E-state index < -0.39 is 0 Å². The molecule has 1 N–H and O–H groups in total. The lowest BCUT2D eigenvalue weighted by molar-refractivity contribution is 0.0944. The molecule has 0 spiro atoms. The molecule has 1 heterocycles. The number of carbonyl (C=O) groups is 1. The minimum Gasteiger partial charge on any atom is -0.351 e. The van der Waals surface area contributed by atoms with Crippen molar-refractivity contribution in [2.45, 2.75) is 39.2 Å². The maximum atomic E-state index is 12.0. The number of allylic oxidation sites excluding steroid dienone is 2. The first-order valence-electron chi connectivity index (χ1n) is 7.65. The van der Waals surface area contributed by atoms with E-state index in [9.17, 15) is 4.79 Å². The lowest BCUT2D eigenvalue weighted by Crippen LogP contribution is -2.27. The molecule has 2 aliphatic carbocycles. The molecule has 0 radical (unpaired) electrons. The second-order valence-electron chi connectivity index (χ2n) is 6.36. The van der Waals surface area contributed by atoms with Gasteiger partial charge in [0.1, 0.15) is 5.69 Å². The maximum Gasteiger partial charge on any atom is 0.271 e. The van der Waals surface area contributed by atoms with Crippen molar-refractivity contribution < 1.29 is 4.79 Å². The maximum absolute atomic E-state index is 12.0. The fourth-order valence-electron chi connectivity index (χ4n) is 3.43. The number of hydrogen-bond donors (Lipinski definition) is 1. The first kappa shape index (κ1) is 13.4. The monoisotopic (exact) mass is 273 g/mol. The Balaban J connectivity index is 1.46. The summed E-state index contributed by atoms with van der Waals surface area (Å²) in [6.45, 7) is 4.86. The van der Waals surface area contributed by atoms with Crippen molar-refractivity contribution in [2.24, 2.45) is 17.8 Å². The second-order valence-corrected chi connectivity index (χ2v) is 6.36. The van der Waals surface area contributed by atoms with Crippen molar-refractivity contribution in [3.8, 4) is 0 Å². The number of amides is 1. The number of nitrogens with zero attached hydrogens (tertiary/aromatic N) is 2. The van der Waals surface area contributed by atoms with Gasteiger partial charge in [0.05, 0.1) is 0 Å². The molecule has 1 saturated carbocycles. The largest absolute Gasteiger partial charge is 0.351 e. The van der Waals surface area contributed by atoms with Gasteiger partial charge in [0.15, 0.2) is 0 Å². The zero-order valence-electron chi connectivity index (χ0n) is 12.2. The van der Waals surface area contributed by atoms with Crippen molar-refractivity contribution in [3.63, 3.8) is 0 Å². The minimum absolute atomic E-state index is 0.0527. The smallest absolute Gasteiger partial charge is 0.271 e. The fraction of sp³-hybridized carbons (Fsp3) is 0.625. The molecule has 20 heavy (non-hydrogen) atoms. The van der Waals surface area contributed by atoms with Crippen LogP contribution in [0.2, 0.25) is 0 Å². The third-order valence-corrected chi connectivity index (χ3v) is 4.59. The number of carbonyl (C=O) groups excluding carboxylic acids is 1. The molecule has 0 aliphatic heterocycles. The first-order valence-corrected chi connectivity index (χ1v) is 7.65. The minimum atomic E-state index is -0.0527. The Morgan fingerprint density at radius 2 is 2.30 bits per heavy atom. The summed E-state index contributed by atoms with van der Waals surface area (Å²) in [4.78, 5) is 12.0. The van der Waals surface area contributed by atoms with E-state index in [1.54, 1.807) is 6.07 Å². The van der Waals surface area contributed by atoms with E-state index >= 15 is 0 Å². The van der Waals surface area contributed by atoms with Crippen LogP contribution in [0.5, 0.6) is 0 Å². The summed E-state index contributed by atoms with van der Waals surface area (Å²) in [6.07, 6.45) is 10.3. The number of nitrogens with one attached hydrogen (secondary N) is 1. The average molecular weight is 273 g/mol. The van der Waals surface area contributed by atoms with Gasteiger partial charge in [0.2, 0.25) is 0 Å². The lowest BCUT2D eigenvalue weighted by Gasteiger charge is -2.17. The molecule has 4 heteroatoms. The summed E-state index contributed by atoms with van der Waals surface area (Å²) in [5.41, 5.74) is 0.520. The van der Waals surface area contributed by atoms with Crippen molar-refractivity contribution in [3.05, 3.63) is 30.1 Å². The zero-order valence-corrected chi connectivity index (χ0v) is 12.2. The third kappa shape index (κ3) is 2.65. The van der Waals surface area contributed by atoms with Gasteiger partial charge in [-0.25, -0.2) is 0 Å². The molecule has 0 unspecified atom stereocenters. The van der Waals surface area contributed by atoms with Crippen LogP contribution in [-0.2, 0) is 0 Å². The van der Waals surface area contributed by atoms with Gasteiger partial charge < -0.3 is 5.32 Å². The number of rotatable bonds is 5. The van der Waals surface area contributed by atoms with E-state index in [1.165, 1.54) is 12.8 Å². The average Bonchev–Trinajstić information content (AvgIpc) is 3.14. The van der Waals surface area contributed by atoms with Gasteiger partial charge in [-0.15, -0.1) is 0 Å². The van der Waals surface area contributed by atoms with E-state index in [2.05, 4.69) is 36.4 Å². The molecule has 108 valence electrons. The summed E-state index contributed by atoms with van der Waals surface area (Å²) in [6, 6.07) is 2.08. The standard InChI is InChI=1S/C16H23N3O/c1-11(2)19-8-6-15(18-19)16(20)17-7-5-14-10-12-3-4-13(14)9-12/h3-4,6,8,11-14H,5,7,9-10H2,1-2H3,(H,17,20)/t12-,13+,14-/m1/s1. The number of aromatic nitrogens is 2. The molecule has 1 aromatic heterocycles. The van der Waals surface area contributed by atoms with Gasteiger partial charge in [-0.05, 0) is 56.9 Å². The van der Waals surface area contributed by atoms with E-state index in [1.807, 2.05) is 10.9 Å². The first-order chi connectivity index (χ1) is 9.63. The Kier molecular flexibility index (Phi) is 3.64. The molecule has 3 rings (SSSR count). The molecule has 2 bridgehead atoms. The summed E-state index contributed by atoms with van der Waals surface area (Å²) in [7, 11) is 0. The number of hydrogen-bond acceptors (Lipinski definition) is 2. The SMILES string of the molecule is CC(C)n1ccc(C(=O)NCC[C@@H]2C[C@@H]3C=C[C@H]2C3)n1. The molecule has 0 aromatic carbocycles. The van der Waals surface area contributed by atoms with Crippen LogP contribution in [0.4, 0.5) is 0 Å². The van der Waals surface area contributed by atoms with Crippen LogP contribution in [0.15, 0.2) is 24.4 Å². The Morgan fingerprint density at radius 3 is 2.90 bits per heavy atom. The van der Waals surface area contributed by atoms with Crippen LogP contribution in [0.3, 0.4) is 0 Å². The van der Waals surface area contributed by atoms with E-state index in [0.717, 1.165) is 30.7 Å². The molecule has 2 aliphatic rings. The normalized spacial score (nSPS) is 27.4. The zero-order chi connectivity index (χ0) is 14.1. The molecule has 1 fully saturated rings. The van der Waals surface area contributed by atoms with Crippen molar-refractivity contribution in [1.29, 1.82) is 0 Å². The van der Waals surface area contributed by atoms with Crippen LogP contribution in [0.1, 0.15) is 49.6 Å². The van der Waals surface area contributed by atoms with Crippen molar-refractivity contribution in [2.75, 3.05) is 6.54 Å². The van der Waals surface area contributed by atoms with Gasteiger partial charge in [0.25, 0.3) is 5.91 Å². The van der Waals surface area contributed by atoms with Gasteiger partial charge in [-0.3, -0.25) is 9.48 Å². The van der Waals surface area contributed by atoms with Gasteiger partial charge in [-0.2, -0.15) is 5.10 Å². The Bertz CT molecular complexity index is 518. The molecular formula is C16H23N3O. The summed E-state index contributed by atoms with van der Waals surface area (Å²) in [5.74, 6) is 2.28. The highest BCUT2D eigenvalue weighted by atomic mass is 16.1. The molecule has 1 aromatic rings. The van der Waals surface area contributed by atoms with Crippen LogP contribution in [0, 0.1) is 17.8 Å². The Hall–Kier alpha value is -1.58. The predicted octanol–water partition coefficient (Wildman–Crippen LogP) is 2.80. The highest BCUT2D eigenvalue weighted by molar-refractivity contribution is 5.92. The predicted molar refractivity (Wildman–Crippen MR) is 78.4 cm³/mol. The second kappa shape index (κ2) is 5.43. The molecule has 1 amide bonds. The summed E-state index contributed by atoms with van der Waals surface area (Å²) >= 11 is 0. The van der Waals surface area contributed by atoms with E-state index in [4.69, 9.17) is 0 Å². The molecule has 0 saturated heterocycles.